The Hall–Kier alpha value is -4.16. The second-order valence-electron chi connectivity index (χ2n) is 8.76. The molecule has 0 fully saturated rings. The monoisotopic (exact) mass is 539 g/mol. The van der Waals surface area contributed by atoms with Gasteiger partial charge in [0.05, 0.1) is 35.3 Å². The fraction of sp³-hybridized carbons (Fsp3) is 0.154. The molecule has 5 rings (SSSR count). The maximum absolute atomic E-state index is 13.5. The molecule has 0 aliphatic rings. The van der Waals surface area contributed by atoms with Gasteiger partial charge >= 0.3 is 6.18 Å². The van der Waals surface area contributed by atoms with Crippen LogP contribution in [0.15, 0.2) is 78.1 Å². The number of halogens is 3. The fourth-order valence-electron chi connectivity index (χ4n) is 4.07. The van der Waals surface area contributed by atoms with Crippen molar-refractivity contribution in [3.63, 3.8) is 0 Å². The Balaban J connectivity index is 1.45. The molecule has 38 heavy (non-hydrogen) atoms. The van der Waals surface area contributed by atoms with E-state index in [9.17, 15) is 26.4 Å². The van der Waals surface area contributed by atoms with Gasteiger partial charge in [-0.05, 0) is 41.3 Å². The summed E-state index contributed by atoms with van der Waals surface area (Å²) in [4.78, 5) is 21.7. The Bertz CT molecular complexity index is 1850. The van der Waals surface area contributed by atoms with E-state index >= 15 is 0 Å². The molecule has 194 valence electrons. The van der Waals surface area contributed by atoms with E-state index in [1.54, 1.807) is 60.7 Å². The molecular formula is C26H20F3N5O3S. The molecule has 12 heteroatoms. The van der Waals surface area contributed by atoms with Gasteiger partial charge in [-0.25, -0.2) is 13.1 Å². The summed E-state index contributed by atoms with van der Waals surface area (Å²) in [6.07, 6.45) is 1.54. The highest BCUT2D eigenvalue weighted by atomic mass is 32.2. The van der Waals surface area contributed by atoms with Crippen LogP contribution >= 0.6 is 0 Å². The number of sulfonamides is 1. The fourth-order valence-corrected chi connectivity index (χ4v) is 5.16. The normalized spacial score (nSPS) is 12.3. The van der Waals surface area contributed by atoms with E-state index in [-0.39, 0.29) is 11.1 Å². The Morgan fingerprint density at radius 3 is 2.47 bits per heavy atom. The van der Waals surface area contributed by atoms with Gasteiger partial charge in [0.1, 0.15) is 0 Å². The number of aromatic nitrogens is 4. The van der Waals surface area contributed by atoms with Crippen LogP contribution in [0.5, 0.6) is 0 Å². The van der Waals surface area contributed by atoms with E-state index in [4.69, 9.17) is 0 Å². The largest absolute Gasteiger partial charge is 0.416 e. The van der Waals surface area contributed by atoms with Gasteiger partial charge in [0.25, 0.3) is 0 Å². The van der Waals surface area contributed by atoms with Crippen LogP contribution in [0.1, 0.15) is 16.8 Å². The lowest BCUT2D eigenvalue weighted by atomic mass is 10.1. The Labute approximate surface area is 214 Å². The van der Waals surface area contributed by atoms with Crippen molar-refractivity contribution in [3.8, 4) is 11.1 Å². The molecule has 3 heterocycles. The van der Waals surface area contributed by atoms with Crippen LogP contribution in [0.25, 0.3) is 32.8 Å². The third-order valence-electron chi connectivity index (χ3n) is 5.96. The first-order valence-electron chi connectivity index (χ1n) is 11.3. The molecule has 0 amide bonds. The molecule has 8 nitrogen and oxygen atoms in total. The standard InChI is InChI=1S/C26H20F3N5O3S/c1-34-14-19(12-32-34)18-9-23-24(31-11-18)5-4-17-3-2-16(8-22(17)25(23)35)15-38(36,37)33-13-21-10-20(6-7-30-21)26(27,28)29/h2-12,14,33H,13,15H2,1H3. The molecule has 0 aliphatic heterocycles. The van der Waals surface area contributed by atoms with Crippen molar-refractivity contribution in [1.82, 2.24) is 24.5 Å². The predicted molar refractivity (Wildman–Crippen MR) is 136 cm³/mol. The molecular weight excluding hydrogens is 519 g/mol. The first-order valence-corrected chi connectivity index (χ1v) is 13.0. The first-order chi connectivity index (χ1) is 18.0. The van der Waals surface area contributed by atoms with Crippen LogP contribution in [0.2, 0.25) is 0 Å². The second kappa shape index (κ2) is 9.62. The lowest BCUT2D eigenvalue weighted by Crippen LogP contribution is -2.25. The van der Waals surface area contributed by atoms with Crippen LogP contribution in [-0.4, -0.2) is 28.2 Å². The average molecular weight is 540 g/mol. The number of pyridine rings is 2. The molecule has 0 radical (unpaired) electrons. The molecule has 2 aromatic carbocycles. The lowest BCUT2D eigenvalue weighted by Gasteiger charge is -2.10. The van der Waals surface area contributed by atoms with Gasteiger partial charge in [-0.3, -0.25) is 19.4 Å². The maximum Gasteiger partial charge on any atom is 0.416 e. The quantitative estimate of drug-likeness (QED) is 0.347. The number of alkyl halides is 3. The second-order valence-corrected chi connectivity index (χ2v) is 10.6. The van der Waals surface area contributed by atoms with Crippen LogP contribution in [0.4, 0.5) is 13.2 Å². The zero-order chi connectivity index (χ0) is 27.1. The van der Waals surface area contributed by atoms with Crippen molar-refractivity contribution >= 4 is 31.7 Å². The van der Waals surface area contributed by atoms with Gasteiger partial charge in [-0.2, -0.15) is 18.3 Å². The van der Waals surface area contributed by atoms with Gasteiger partial charge < -0.3 is 0 Å². The van der Waals surface area contributed by atoms with Crippen molar-refractivity contribution in [1.29, 1.82) is 0 Å². The van der Waals surface area contributed by atoms with Gasteiger partial charge in [-0.15, -0.1) is 0 Å². The number of aryl methyl sites for hydroxylation is 1. The number of rotatable bonds is 6. The minimum absolute atomic E-state index is 0.0702. The number of nitrogens with zero attached hydrogens (tertiary/aromatic N) is 4. The summed E-state index contributed by atoms with van der Waals surface area (Å²) in [7, 11) is -2.17. The molecule has 1 N–H and O–H groups in total. The summed E-state index contributed by atoms with van der Waals surface area (Å²) in [6, 6.07) is 11.6. The number of nitrogens with one attached hydrogen (secondary N) is 1. The number of hydrogen-bond acceptors (Lipinski definition) is 6. The van der Waals surface area contributed by atoms with E-state index in [0.29, 0.717) is 32.8 Å². The number of hydrogen-bond donors (Lipinski definition) is 1. The SMILES string of the molecule is Cn1cc(-c2cnc3ccc4ccc(CS(=O)(=O)NCc5cc(C(F)(F)F)ccn5)cc4c(=O)c3c2)cn1. The highest BCUT2D eigenvalue weighted by Gasteiger charge is 2.30. The zero-order valence-electron chi connectivity index (χ0n) is 19.9. The molecule has 0 aliphatic carbocycles. The molecule has 0 unspecified atom stereocenters. The summed E-state index contributed by atoms with van der Waals surface area (Å²) in [5, 5.41) is 5.44. The predicted octanol–water partition coefficient (Wildman–Crippen LogP) is 4.18. The molecule has 3 aromatic heterocycles. The van der Waals surface area contributed by atoms with Gasteiger partial charge in [0.2, 0.25) is 10.0 Å². The highest BCUT2D eigenvalue weighted by molar-refractivity contribution is 7.88. The van der Waals surface area contributed by atoms with Crippen LogP contribution in [0.3, 0.4) is 0 Å². The molecule has 0 atom stereocenters. The summed E-state index contributed by atoms with van der Waals surface area (Å²) >= 11 is 0. The van der Waals surface area contributed by atoms with E-state index < -0.39 is 34.1 Å². The smallest absolute Gasteiger partial charge is 0.289 e. The average Bonchev–Trinajstić information content (AvgIpc) is 3.26. The van der Waals surface area contributed by atoms with E-state index in [2.05, 4.69) is 19.8 Å². The van der Waals surface area contributed by atoms with Crippen LogP contribution in [-0.2, 0) is 35.5 Å². The topological polar surface area (TPSA) is 107 Å². The minimum Gasteiger partial charge on any atom is -0.289 e. The third-order valence-corrected chi connectivity index (χ3v) is 7.26. The zero-order valence-corrected chi connectivity index (χ0v) is 20.7. The summed E-state index contributed by atoms with van der Waals surface area (Å²) in [5.74, 6) is -0.475. The van der Waals surface area contributed by atoms with Gasteiger partial charge in [-0.1, -0.05) is 18.2 Å². The molecule has 5 aromatic rings. The Morgan fingerprint density at radius 2 is 1.74 bits per heavy atom. The molecule has 0 spiro atoms. The van der Waals surface area contributed by atoms with Gasteiger partial charge in [0, 0.05) is 47.5 Å². The highest BCUT2D eigenvalue weighted by Crippen LogP contribution is 2.29. The Kier molecular flexibility index (Phi) is 6.45. The third kappa shape index (κ3) is 5.41. The molecule has 0 bridgehead atoms. The maximum atomic E-state index is 13.5. The van der Waals surface area contributed by atoms with E-state index in [1.807, 2.05) is 0 Å². The van der Waals surface area contributed by atoms with Crippen LogP contribution in [0, 0.1) is 0 Å². The van der Waals surface area contributed by atoms with E-state index in [0.717, 1.165) is 23.9 Å². The van der Waals surface area contributed by atoms with Crippen molar-refractivity contribution in [2.75, 3.05) is 0 Å². The van der Waals surface area contributed by atoms with E-state index in [1.165, 1.54) is 6.07 Å². The summed E-state index contributed by atoms with van der Waals surface area (Å²) in [5.41, 5.74) is 1.05. The molecule has 0 saturated heterocycles. The van der Waals surface area contributed by atoms with Crippen LogP contribution < -0.4 is 10.2 Å². The molecule has 0 saturated carbocycles. The minimum atomic E-state index is -4.56. The van der Waals surface area contributed by atoms with Gasteiger partial charge in [0.15, 0.2) is 5.43 Å². The van der Waals surface area contributed by atoms with Crippen molar-refractivity contribution < 1.29 is 21.6 Å². The summed E-state index contributed by atoms with van der Waals surface area (Å²) < 4.78 is 68.1. The first kappa shape index (κ1) is 25.5. The summed E-state index contributed by atoms with van der Waals surface area (Å²) in [6.45, 7) is -0.408. The number of benzene rings is 1. The van der Waals surface area contributed by atoms with Crippen molar-refractivity contribution in [2.24, 2.45) is 7.05 Å². The Morgan fingerprint density at radius 1 is 0.947 bits per heavy atom. The van der Waals surface area contributed by atoms with Crippen molar-refractivity contribution in [2.45, 2.75) is 18.5 Å². The van der Waals surface area contributed by atoms with Crippen molar-refractivity contribution in [3.05, 3.63) is 100 Å². The number of fused-ring (bicyclic) bond motifs is 2. The lowest BCUT2D eigenvalue weighted by molar-refractivity contribution is -0.137.